The first-order chi connectivity index (χ1) is 11.6. The van der Waals surface area contributed by atoms with E-state index in [2.05, 4.69) is 0 Å². The largest absolute Gasteiger partial charge is 0.460 e. The third-order valence-electron chi connectivity index (χ3n) is 3.49. The summed E-state index contributed by atoms with van der Waals surface area (Å²) in [6.07, 6.45) is 4.63. The molecule has 0 aromatic heterocycles. The van der Waals surface area contributed by atoms with Crippen molar-refractivity contribution in [2.75, 3.05) is 6.61 Å². The van der Waals surface area contributed by atoms with E-state index in [1.807, 2.05) is 27.7 Å². The SMILES string of the molecule is Cc1ccc(S(=O)(=O)OCCCCCCCC(=O)OC(C)(C)C)cc1. The van der Waals surface area contributed by atoms with E-state index >= 15 is 0 Å². The van der Waals surface area contributed by atoms with Gasteiger partial charge in [-0.05, 0) is 52.7 Å². The van der Waals surface area contributed by atoms with E-state index in [9.17, 15) is 13.2 Å². The van der Waals surface area contributed by atoms with Crippen LogP contribution >= 0.6 is 0 Å². The molecule has 142 valence electrons. The maximum absolute atomic E-state index is 12.0. The van der Waals surface area contributed by atoms with Crippen LogP contribution in [0.1, 0.15) is 64.9 Å². The normalized spacial score (nSPS) is 12.2. The number of ether oxygens (including phenoxy) is 1. The number of hydrogen-bond donors (Lipinski definition) is 0. The Bertz CT molecular complexity index is 627. The molecule has 5 nitrogen and oxygen atoms in total. The maximum Gasteiger partial charge on any atom is 0.306 e. The van der Waals surface area contributed by atoms with Crippen LogP contribution in [0.4, 0.5) is 0 Å². The van der Waals surface area contributed by atoms with Crippen molar-refractivity contribution < 1.29 is 22.1 Å². The lowest BCUT2D eigenvalue weighted by Crippen LogP contribution is -2.23. The molecule has 0 saturated heterocycles. The summed E-state index contributed by atoms with van der Waals surface area (Å²) in [5.41, 5.74) is 0.572. The summed E-state index contributed by atoms with van der Waals surface area (Å²) in [5.74, 6) is -0.167. The molecule has 0 heterocycles. The molecule has 0 aliphatic heterocycles. The molecular formula is C19H30O5S. The van der Waals surface area contributed by atoms with Gasteiger partial charge in [-0.15, -0.1) is 0 Å². The standard InChI is InChI=1S/C19H30O5S/c1-16-11-13-17(14-12-16)25(21,22)23-15-9-7-5-6-8-10-18(20)24-19(2,3)4/h11-14H,5-10,15H2,1-4H3. The van der Waals surface area contributed by atoms with Gasteiger partial charge in [0.05, 0.1) is 11.5 Å². The highest BCUT2D eigenvalue weighted by Crippen LogP contribution is 2.15. The number of rotatable bonds is 10. The molecule has 0 aliphatic carbocycles. The van der Waals surface area contributed by atoms with Gasteiger partial charge in [0.1, 0.15) is 5.60 Å². The Balaban J connectivity index is 2.12. The minimum Gasteiger partial charge on any atom is -0.460 e. The van der Waals surface area contributed by atoms with Gasteiger partial charge in [0, 0.05) is 6.42 Å². The lowest BCUT2D eigenvalue weighted by molar-refractivity contribution is -0.154. The van der Waals surface area contributed by atoms with Crippen LogP contribution in [0.5, 0.6) is 0 Å². The Morgan fingerprint density at radius 2 is 1.52 bits per heavy atom. The third-order valence-corrected chi connectivity index (χ3v) is 4.82. The molecule has 0 N–H and O–H groups in total. The second kappa shape index (κ2) is 9.92. The van der Waals surface area contributed by atoms with Gasteiger partial charge in [0.15, 0.2) is 0 Å². The third kappa shape index (κ3) is 9.60. The van der Waals surface area contributed by atoms with Gasteiger partial charge in [0.25, 0.3) is 10.1 Å². The average Bonchev–Trinajstić information content (AvgIpc) is 2.48. The molecule has 1 rings (SSSR count). The highest BCUT2D eigenvalue weighted by Gasteiger charge is 2.16. The first-order valence-electron chi connectivity index (χ1n) is 8.78. The monoisotopic (exact) mass is 370 g/mol. The molecule has 0 aliphatic rings. The van der Waals surface area contributed by atoms with E-state index < -0.39 is 15.7 Å². The molecular weight excluding hydrogens is 340 g/mol. The van der Waals surface area contributed by atoms with E-state index in [1.165, 1.54) is 0 Å². The van der Waals surface area contributed by atoms with Crippen molar-refractivity contribution in [2.24, 2.45) is 0 Å². The Labute approximate surface area is 151 Å². The van der Waals surface area contributed by atoms with Crippen LogP contribution in [0.25, 0.3) is 0 Å². The molecule has 6 heteroatoms. The van der Waals surface area contributed by atoms with Gasteiger partial charge < -0.3 is 4.74 Å². The van der Waals surface area contributed by atoms with E-state index in [0.29, 0.717) is 12.8 Å². The Morgan fingerprint density at radius 3 is 2.12 bits per heavy atom. The lowest BCUT2D eigenvalue weighted by atomic mass is 10.1. The summed E-state index contributed by atoms with van der Waals surface area (Å²) in [5, 5.41) is 0. The van der Waals surface area contributed by atoms with E-state index in [4.69, 9.17) is 8.92 Å². The fraction of sp³-hybridized carbons (Fsp3) is 0.632. The second-order valence-corrected chi connectivity index (χ2v) is 8.81. The van der Waals surface area contributed by atoms with Gasteiger partial charge in [0.2, 0.25) is 0 Å². The second-order valence-electron chi connectivity index (χ2n) is 7.19. The Kier molecular flexibility index (Phi) is 8.59. The van der Waals surface area contributed by atoms with Crippen molar-refractivity contribution in [1.29, 1.82) is 0 Å². The van der Waals surface area contributed by atoms with Crippen molar-refractivity contribution >= 4 is 16.1 Å². The molecule has 0 atom stereocenters. The van der Waals surface area contributed by atoms with Crippen LogP contribution in [-0.4, -0.2) is 26.6 Å². The molecule has 1 aromatic rings. The Hall–Kier alpha value is -1.40. The number of carbonyl (C=O) groups is 1. The average molecular weight is 371 g/mol. The number of carbonyl (C=O) groups excluding carboxylic acids is 1. The first-order valence-corrected chi connectivity index (χ1v) is 10.2. The summed E-state index contributed by atoms with van der Waals surface area (Å²) in [6.45, 7) is 7.66. The van der Waals surface area contributed by atoms with E-state index in [0.717, 1.165) is 31.2 Å². The number of unbranched alkanes of at least 4 members (excludes halogenated alkanes) is 4. The molecule has 0 unspecified atom stereocenters. The highest BCUT2D eigenvalue weighted by atomic mass is 32.2. The Morgan fingerprint density at radius 1 is 0.960 bits per heavy atom. The quantitative estimate of drug-likeness (QED) is 0.347. The van der Waals surface area contributed by atoms with Gasteiger partial charge in [-0.2, -0.15) is 8.42 Å². The van der Waals surface area contributed by atoms with E-state index in [1.54, 1.807) is 24.3 Å². The predicted molar refractivity (Wildman–Crippen MR) is 97.9 cm³/mol. The zero-order valence-electron chi connectivity index (χ0n) is 15.7. The maximum atomic E-state index is 12.0. The zero-order chi connectivity index (χ0) is 18.9. The molecule has 0 amide bonds. The van der Waals surface area contributed by atoms with Crippen molar-refractivity contribution in [2.45, 2.75) is 76.7 Å². The van der Waals surface area contributed by atoms with Crippen LogP contribution < -0.4 is 0 Å². The van der Waals surface area contributed by atoms with Gasteiger partial charge in [-0.3, -0.25) is 8.98 Å². The lowest BCUT2D eigenvalue weighted by Gasteiger charge is -2.19. The molecule has 0 radical (unpaired) electrons. The molecule has 0 fully saturated rings. The van der Waals surface area contributed by atoms with Crippen molar-refractivity contribution in [3.8, 4) is 0 Å². The minimum absolute atomic E-state index is 0.167. The fourth-order valence-corrected chi connectivity index (χ4v) is 3.18. The molecule has 0 spiro atoms. The molecule has 0 bridgehead atoms. The van der Waals surface area contributed by atoms with Crippen molar-refractivity contribution in [3.05, 3.63) is 29.8 Å². The topological polar surface area (TPSA) is 69.7 Å². The first kappa shape index (κ1) is 21.6. The summed E-state index contributed by atoms with van der Waals surface area (Å²) in [7, 11) is -3.66. The summed E-state index contributed by atoms with van der Waals surface area (Å²) >= 11 is 0. The fourth-order valence-electron chi connectivity index (χ4n) is 2.24. The number of aryl methyl sites for hydroxylation is 1. The van der Waals surface area contributed by atoms with Gasteiger partial charge in [-0.25, -0.2) is 0 Å². The molecule has 25 heavy (non-hydrogen) atoms. The zero-order valence-corrected chi connectivity index (χ0v) is 16.5. The van der Waals surface area contributed by atoms with Crippen LogP contribution in [0, 0.1) is 6.92 Å². The van der Waals surface area contributed by atoms with Crippen LogP contribution in [-0.2, 0) is 23.8 Å². The van der Waals surface area contributed by atoms with Gasteiger partial charge in [-0.1, -0.05) is 37.0 Å². The molecule has 0 saturated carbocycles. The van der Waals surface area contributed by atoms with Crippen molar-refractivity contribution in [3.63, 3.8) is 0 Å². The number of esters is 1. The van der Waals surface area contributed by atoms with Crippen molar-refractivity contribution in [1.82, 2.24) is 0 Å². The van der Waals surface area contributed by atoms with Crippen LogP contribution in [0.15, 0.2) is 29.2 Å². The number of benzene rings is 1. The van der Waals surface area contributed by atoms with Gasteiger partial charge >= 0.3 is 5.97 Å². The summed E-state index contributed by atoms with van der Waals surface area (Å²) in [4.78, 5) is 11.7. The van der Waals surface area contributed by atoms with Crippen LogP contribution in [0.3, 0.4) is 0 Å². The number of hydrogen-bond acceptors (Lipinski definition) is 5. The molecule has 1 aromatic carbocycles. The smallest absolute Gasteiger partial charge is 0.306 e. The van der Waals surface area contributed by atoms with E-state index in [-0.39, 0.29) is 17.5 Å². The van der Waals surface area contributed by atoms with Crippen LogP contribution in [0.2, 0.25) is 0 Å². The summed E-state index contributed by atoms with van der Waals surface area (Å²) in [6, 6.07) is 6.62. The predicted octanol–water partition coefficient (Wildman–Crippen LogP) is 4.38. The summed E-state index contributed by atoms with van der Waals surface area (Å²) < 4.78 is 34.3. The highest BCUT2D eigenvalue weighted by molar-refractivity contribution is 7.86. The minimum atomic E-state index is -3.66.